The van der Waals surface area contributed by atoms with E-state index >= 15 is 0 Å². The standard InChI is InChI=1S/C15H19NO4S/c1-3-15(14(16)17,20-21(2,18)19)13-10-6-8-11-7-4-5-9-12(11)13/h4-5,7,9-10H,3,6,8H2,1-2H3,(H2,16,17). The molecule has 6 heteroatoms. The predicted molar refractivity (Wildman–Crippen MR) is 80.9 cm³/mol. The van der Waals surface area contributed by atoms with Gasteiger partial charge < -0.3 is 5.73 Å². The maximum atomic E-state index is 12.0. The molecule has 2 rings (SSSR count). The lowest BCUT2D eigenvalue weighted by molar-refractivity contribution is -0.128. The summed E-state index contributed by atoms with van der Waals surface area (Å²) in [5, 5.41) is 0. The van der Waals surface area contributed by atoms with Gasteiger partial charge in [-0.1, -0.05) is 37.3 Å². The third-order valence-corrected chi connectivity index (χ3v) is 4.28. The van der Waals surface area contributed by atoms with Crippen LogP contribution < -0.4 is 5.73 Å². The Bertz CT molecular complexity index is 693. The van der Waals surface area contributed by atoms with Crippen molar-refractivity contribution in [2.45, 2.75) is 31.8 Å². The van der Waals surface area contributed by atoms with Crippen molar-refractivity contribution in [3.05, 3.63) is 41.5 Å². The minimum Gasteiger partial charge on any atom is -0.367 e. The zero-order valence-electron chi connectivity index (χ0n) is 12.1. The van der Waals surface area contributed by atoms with Crippen molar-refractivity contribution in [3.63, 3.8) is 0 Å². The zero-order valence-corrected chi connectivity index (χ0v) is 12.9. The molecule has 0 aromatic heterocycles. The Morgan fingerprint density at radius 1 is 1.38 bits per heavy atom. The van der Waals surface area contributed by atoms with Gasteiger partial charge in [0.05, 0.1) is 6.26 Å². The molecule has 1 aliphatic rings. The summed E-state index contributed by atoms with van der Waals surface area (Å²) in [6.07, 6.45) is 4.48. The van der Waals surface area contributed by atoms with Crippen LogP contribution >= 0.6 is 0 Å². The topological polar surface area (TPSA) is 86.5 Å². The number of rotatable bonds is 5. The first kappa shape index (κ1) is 15.7. The molecule has 5 nitrogen and oxygen atoms in total. The van der Waals surface area contributed by atoms with Crippen LogP contribution in [0.5, 0.6) is 0 Å². The predicted octanol–water partition coefficient (Wildman–Crippen LogP) is 1.63. The highest BCUT2D eigenvalue weighted by Crippen LogP contribution is 2.39. The summed E-state index contributed by atoms with van der Waals surface area (Å²) in [5.74, 6) is -0.793. The Kier molecular flexibility index (Phi) is 4.20. The number of allylic oxidation sites excluding steroid dienone is 1. The molecule has 2 N–H and O–H groups in total. The highest BCUT2D eigenvalue weighted by Gasteiger charge is 2.45. The van der Waals surface area contributed by atoms with Crippen LogP contribution in [0.4, 0.5) is 0 Å². The lowest BCUT2D eigenvalue weighted by Gasteiger charge is -2.33. The van der Waals surface area contributed by atoms with E-state index in [1.165, 1.54) is 0 Å². The Labute approximate surface area is 124 Å². The van der Waals surface area contributed by atoms with Crippen molar-refractivity contribution < 1.29 is 17.4 Å². The van der Waals surface area contributed by atoms with E-state index in [1.807, 2.05) is 30.3 Å². The number of aryl methyl sites for hydroxylation is 1. The van der Waals surface area contributed by atoms with Gasteiger partial charge in [-0.2, -0.15) is 8.42 Å². The van der Waals surface area contributed by atoms with E-state index < -0.39 is 21.6 Å². The van der Waals surface area contributed by atoms with E-state index in [2.05, 4.69) is 0 Å². The first-order valence-corrected chi connectivity index (χ1v) is 8.61. The Balaban J connectivity index is 2.62. The van der Waals surface area contributed by atoms with E-state index in [1.54, 1.807) is 6.92 Å². The molecule has 0 saturated carbocycles. The summed E-state index contributed by atoms with van der Waals surface area (Å²) < 4.78 is 28.4. The molecule has 1 aromatic rings. The first-order chi connectivity index (χ1) is 9.80. The Hall–Kier alpha value is -1.66. The Morgan fingerprint density at radius 3 is 2.62 bits per heavy atom. The summed E-state index contributed by atoms with van der Waals surface area (Å²) in [6, 6.07) is 7.58. The number of fused-ring (bicyclic) bond motifs is 1. The number of hydrogen-bond donors (Lipinski definition) is 1. The van der Waals surface area contributed by atoms with Crippen LogP contribution in [0.2, 0.25) is 0 Å². The number of benzene rings is 1. The van der Waals surface area contributed by atoms with Gasteiger partial charge in [0.15, 0.2) is 5.60 Å². The molecule has 0 saturated heterocycles. The molecule has 1 aliphatic carbocycles. The number of hydrogen-bond acceptors (Lipinski definition) is 4. The van der Waals surface area contributed by atoms with Crippen molar-refractivity contribution in [1.29, 1.82) is 0 Å². The Morgan fingerprint density at radius 2 is 2.05 bits per heavy atom. The SMILES string of the molecule is CCC(OS(C)(=O)=O)(C(N)=O)C1=CCCc2ccccc21. The highest BCUT2D eigenvalue weighted by atomic mass is 32.2. The molecule has 0 bridgehead atoms. The fourth-order valence-corrected chi connectivity index (χ4v) is 3.57. The molecular weight excluding hydrogens is 290 g/mol. The van der Waals surface area contributed by atoms with Gasteiger partial charge in [-0.3, -0.25) is 4.79 Å². The van der Waals surface area contributed by atoms with E-state index in [4.69, 9.17) is 9.92 Å². The molecule has 0 aliphatic heterocycles. The summed E-state index contributed by atoms with van der Waals surface area (Å²) in [7, 11) is -3.83. The van der Waals surface area contributed by atoms with Gasteiger partial charge in [0.2, 0.25) is 0 Å². The van der Waals surface area contributed by atoms with Crippen LogP contribution in [0.15, 0.2) is 30.3 Å². The van der Waals surface area contributed by atoms with Gasteiger partial charge in [0, 0.05) is 0 Å². The van der Waals surface area contributed by atoms with Crippen LogP contribution in [-0.4, -0.2) is 26.2 Å². The molecule has 114 valence electrons. The van der Waals surface area contributed by atoms with Crippen molar-refractivity contribution in [1.82, 2.24) is 0 Å². The van der Waals surface area contributed by atoms with Crippen LogP contribution in [0.1, 0.15) is 30.9 Å². The molecule has 0 heterocycles. The second kappa shape index (κ2) is 5.61. The molecule has 0 fully saturated rings. The normalized spacial score (nSPS) is 17.5. The number of amides is 1. The van der Waals surface area contributed by atoms with Crippen molar-refractivity contribution >= 4 is 21.6 Å². The van der Waals surface area contributed by atoms with Gasteiger partial charge in [-0.05, 0) is 36.0 Å². The average Bonchev–Trinajstić information content (AvgIpc) is 2.43. The number of primary amides is 1. The molecular formula is C15H19NO4S. The monoisotopic (exact) mass is 309 g/mol. The quantitative estimate of drug-likeness (QED) is 0.837. The first-order valence-electron chi connectivity index (χ1n) is 6.79. The van der Waals surface area contributed by atoms with Crippen LogP contribution in [0.25, 0.3) is 5.57 Å². The van der Waals surface area contributed by atoms with Gasteiger partial charge in [-0.15, -0.1) is 0 Å². The van der Waals surface area contributed by atoms with Crippen LogP contribution in [0.3, 0.4) is 0 Å². The summed E-state index contributed by atoms with van der Waals surface area (Å²) in [4.78, 5) is 12.0. The van der Waals surface area contributed by atoms with Crippen LogP contribution in [0, 0.1) is 0 Å². The largest absolute Gasteiger partial charge is 0.367 e. The fraction of sp³-hybridized carbons (Fsp3) is 0.400. The summed E-state index contributed by atoms with van der Waals surface area (Å²) in [6.45, 7) is 1.69. The van der Waals surface area contributed by atoms with Gasteiger partial charge >= 0.3 is 0 Å². The van der Waals surface area contributed by atoms with E-state index in [-0.39, 0.29) is 6.42 Å². The van der Waals surface area contributed by atoms with Crippen molar-refractivity contribution in [2.75, 3.05) is 6.26 Å². The minimum atomic E-state index is -3.83. The molecule has 1 unspecified atom stereocenters. The lowest BCUT2D eigenvalue weighted by Crippen LogP contribution is -2.48. The number of nitrogens with two attached hydrogens (primary N) is 1. The molecule has 1 amide bonds. The molecule has 21 heavy (non-hydrogen) atoms. The summed E-state index contributed by atoms with van der Waals surface area (Å²) >= 11 is 0. The third kappa shape index (κ3) is 3.01. The number of carbonyl (C=O) groups excluding carboxylic acids is 1. The van der Waals surface area contributed by atoms with E-state index in [0.29, 0.717) is 12.0 Å². The molecule has 0 radical (unpaired) electrons. The average molecular weight is 309 g/mol. The third-order valence-electron chi connectivity index (χ3n) is 3.69. The lowest BCUT2D eigenvalue weighted by atomic mass is 9.79. The maximum Gasteiger partial charge on any atom is 0.265 e. The second-order valence-corrected chi connectivity index (χ2v) is 6.72. The summed E-state index contributed by atoms with van der Waals surface area (Å²) in [5.41, 5.74) is 6.29. The van der Waals surface area contributed by atoms with Crippen LogP contribution in [-0.2, 0) is 25.5 Å². The van der Waals surface area contributed by atoms with E-state index in [9.17, 15) is 13.2 Å². The van der Waals surface area contributed by atoms with Crippen molar-refractivity contribution in [3.8, 4) is 0 Å². The van der Waals surface area contributed by atoms with E-state index in [0.717, 1.165) is 23.8 Å². The highest BCUT2D eigenvalue weighted by molar-refractivity contribution is 7.86. The van der Waals surface area contributed by atoms with Gasteiger partial charge in [0.1, 0.15) is 0 Å². The second-order valence-electron chi connectivity index (χ2n) is 5.15. The maximum absolute atomic E-state index is 12.0. The van der Waals surface area contributed by atoms with Gasteiger partial charge in [0.25, 0.3) is 16.0 Å². The minimum absolute atomic E-state index is 0.148. The smallest absolute Gasteiger partial charge is 0.265 e. The number of carbonyl (C=O) groups is 1. The fourth-order valence-electron chi connectivity index (χ4n) is 2.77. The molecule has 1 atom stereocenters. The van der Waals surface area contributed by atoms with Gasteiger partial charge in [-0.25, -0.2) is 4.18 Å². The van der Waals surface area contributed by atoms with Crippen molar-refractivity contribution in [2.24, 2.45) is 5.73 Å². The zero-order chi connectivity index (χ0) is 15.7. The molecule has 1 aromatic carbocycles. The molecule has 0 spiro atoms.